The smallest absolute Gasteiger partial charge is 0.338 e. The highest BCUT2D eigenvalue weighted by Gasteiger charge is 2.69. The predicted molar refractivity (Wildman–Crippen MR) is 117 cm³/mol. The van der Waals surface area contributed by atoms with Gasteiger partial charge in [0.2, 0.25) is 5.41 Å². The van der Waals surface area contributed by atoms with Gasteiger partial charge in [-0.05, 0) is 67.3 Å². The van der Waals surface area contributed by atoms with E-state index in [-0.39, 0.29) is 11.1 Å². The monoisotopic (exact) mass is 490 g/mol. The molecule has 0 atom stereocenters. The van der Waals surface area contributed by atoms with Crippen LogP contribution >= 0.6 is 0 Å². The van der Waals surface area contributed by atoms with Gasteiger partial charge in [-0.15, -0.1) is 0 Å². The fourth-order valence-corrected chi connectivity index (χ4v) is 7.52. The third kappa shape index (κ3) is 3.32. The van der Waals surface area contributed by atoms with E-state index in [9.17, 15) is 24.0 Å². The molecule has 4 bridgehead atoms. The highest BCUT2D eigenvalue weighted by molar-refractivity contribution is 6.25. The van der Waals surface area contributed by atoms with Crippen LogP contribution < -0.4 is 0 Å². The Morgan fingerprint density at radius 3 is 1.37 bits per heavy atom. The maximum absolute atomic E-state index is 13.5. The fraction of sp³-hybridized carbons (Fsp3) is 0.640. The van der Waals surface area contributed by atoms with Crippen molar-refractivity contribution in [3.05, 3.63) is 22.3 Å². The zero-order valence-corrected chi connectivity index (χ0v) is 20.6. The van der Waals surface area contributed by atoms with Gasteiger partial charge in [-0.1, -0.05) is 0 Å². The van der Waals surface area contributed by atoms with E-state index < -0.39 is 51.8 Å². The van der Waals surface area contributed by atoms with Crippen LogP contribution in [0.2, 0.25) is 0 Å². The van der Waals surface area contributed by atoms with E-state index in [1.165, 1.54) is 0 Å². The molecule has 0 amide bonds. The number of hydrogen-bond donors (Lipinski definition) is 0. The summed E-state index contributed by atoms with van der Waals surface area (Å²) in [5, 5.41) is 0. The minimum atomic E-state index is -2.70. The Bertz CT molecular complexity index is 1010. The van der Waals surface area contributed by atoms with Crippen molar-refractivity contribution in [2.45, 2.75) is 38.5 Å². The molecule has 5 aliphatic rings. The second-order valence-electron chi connectivity index (χ2n) is 9.91. The normalized spacial score (nSPS) is 30.1. The third-order valence-corrected chi connectivity index (χ3v) is 8.22. The number of rotatable bonds is 6. The van der Waals surface area contributed by atoms with Crippen LogP contribution in [0, 0.1) is 28.6 Å². The van der Waals surface area contributed by atoms with Crippen LogP contribution in [-0.2, 0) is 47.7 Å². The van der Waals surface area contributed by atoms with Crippen LogP contribution in [0.4, 0.5) is 0 Å². The largest absolute Gasteiger partial charge is 0.468 e. The number of methoxy groups -OCH3 is 5. The van der Waals surface area contributed by atoms with Gasteiger partial charge in [0.15, 0.2) is 0 Å². The SMILES string of the molecule is COC(=O)C1=C(C(=O)OC)C(C(=O)OC)(C(=O)OC)C(C(=O)OC)=C1C12CC3CC(CC(C3)C1)C2. The summed E-state index contributed by atoms with van der Waals surface area (Å²) in [5.74, 6) is -4.59. The summed E-state index contributed by atoms with van der Waals surface area (Å²) in [5.41, 5.74) is -4.68. The molecule has 5 rings (SSSR count). The Morgan fingerprint density at radius 1 is 0.600 bits per heavy atom. The van der Waals surface area contributed by atoms with E-state index in [1.54, 1.807) is 0 Å². The van der Waals surface area contributed by atoms with Crippen LogP contribution in [0.5, 0.6) is 0 Å². The van der Waals surface area contributed by atoms with E-state index in [0.29, 0.717) is 37.0 Å². The molecular formula is C25H30O10. The highest BCUT2D eigenvalue weighted by atomic mass is 16.6. The van der Waals surface area contributed by atoms with E-state index in [2.05, 4.69) is 0 Å². The van der Waals surface area contributed by atoms with Crippen molar-refractivity contribution < 1.29 is 47.7 Å². The minimum absolute atomic E-state index is 0.145. The predicted octanol–water partition coefficient (Wildman–Crippen LogP) is 1.66. The summed E-state index contributed by atoms with van der Waals surface area (Å²) in [4.78, 5) is 67.0. The molecule has 0 aromatic carbocycles. The molecule has 35 heavy (non-hydrogen) atoms. The summed E-state index contributed by atoms with van der Waals surface area (Å²) >= 11 is 0. The lowest BCUT2D eigenvalue weighted by molar-refractivity contribution is -0.167. The molecule has 5 aliphatic carbocycles. The van der Waals surface area contributed by atoms with Crippen molar-refractivity contribution in [3.8, 4) is 0 Å². The van der Waals surface area contributed by atoms with Gasteiger partial charge < -0.3 is 23.7 Å². The molecular weight excluding hydrogens is 460 g/mol. The molecule has 190 valence electrons. The van der Waals surface area contributed by atoms with Gasteiger partial charge in [0.1, 0.15) is 0 Å². The van der Waals surface area contributed by atoms with Crippen LogP contribution in [0.3, 0.4) is 0 Å². The lowest BCUT2D eigenvalue weighted by Crippen LogP contribution is -2.49. The average molecular weight is 491 g/mol. The van der Waals surface area contributed by atoms with Gasteiger partial charge in [0, 0.05) is 0 Å². The van der Waals surface area contributed by atoms with Crippen molar-refractivity contribution >= 4 is 29.8 Å². The minimum Gasteiger partial charge on any atom is -0.468 e. The molecule has 0 aromatic heterocycles. The van der Waals surface area contributed by atoms with Gasteiger partial charge >= 0.3 is 29.8 Å². The van der Waals surface area contributed by atoms with Gasteiger partial charge in [-0.25, -0.2) is 14.4 Å². The molecule has 0 unspecified atom stereocenters. The first-order valence-electron chi connectivity index (χ1n) is 11.6. The van der Waals surface area contributed by atoms with E-state index in [1.807, 2.05) is 0 Å². The molecule has 0 N–H and O–H groups in total. The second kappa shape index (κ2) is 8.80. The summed E-state index contributed by atoms with van der Waals surface area (Å²) in [7, 11) is 5.29. The summed E-state index contributed by atoms with van der Waals surface area (Å²) in [6.07, 6.45) is 5.05. The van der Waals surface area contributed by atoms with E-state index >= 15 is 0 Å². The Balaban J connectivity index is 2.17. The zero-order chi connectivity index (χ0) is 25.7. The molecule has 10 heteroatoms. The molecule has 4 saturated carbocycles. The Labute approximate surface area is 202 Å². The van der Waals surface area contributed by atoms with Crippen molar-refractivity contribution in [2.75, 3.05) is 35.5 Å². The van der Waals surface area contributed by atoms with Gasteiger partial charge in [-0.3, -0.25) is 9.59 Å². The Morgan fingerprint density at radius 2 is 1.00 bits per heavy atom. The quantitative estimate of drug-likeness (QED) is 0.308. The molecule has 0 spiro atoms. The Hall–Kier alpha value is -3.17. The number of hydrogen-bond acceptors (Lipinski definition) is 10. The van der Waals surface area contributed by atoms with Crippen molar-refractivity contribution in [1.82, 2.24) is 0 Å². The van der Waals surface area contributed by atoms with E-state index in [4.69, 9.17) is 23.7 Å². The summed E-state index contributed by atoms with van der Waals surface area (Å²) < 4.78 is 25.0. The molecule has 0 radical (unpaired) electrons. The average Bonchev–Trinajstić information content (AvgIpc) is 3.19. The first kappa shape index (κ1) is 24.9. The first-order chi connectivity index (χ1) is 16.6. The second-order valence-corrected chi connectivity index (χ2v) is 9.91. The van der Waals surface area contributed by atoms with Crippen molar-refractivity contribution in [3.63, 3.8) is 0 Å². The van der Waals surface area contributed by atoms with Crippen LogP contribution in [0.15, 0.2) is 22.3 Å². The molecule has 10 nitrogen and oxygen atoms in total. The molecule has 4 fully saturated rings. The Kier molecular flexibility index (Phi) is 6.27. The first-order valence-corrected chi connectivity index (χ1v) is 11.6. The highest BCUT2D eigenvalue weighted by Crippen LogP contribution is 2.67. The molecule has 0 saturated heterocycles. The fourth-order valence-electron chi connectivity index (χ4n) is 7.52. The van der Waals surface area contributed by atoms with Crippen LogP contribution in [0.1, 0.15) is 38.5 Å². The summed E-state index contributed by atoms with van der Waals surface area (Å²) in [6.45, 7) is 0. The topological polar surface area (TPSA) is 132 Å². The third-order valence-electron chi connectivity index (χ3n) is 8.22. The van der Waals surface area contributed by atoms with Gasteiger partial charge in [-0.2, -0.15) is 0 Å². The van der Waals surface area contributed by atoms with Crippen LogP contribution in [0.25, 0.3) is 0 Å². The van der Waals surface area contributed by atoms with Gasteiger partial charge in [0.25, 0.3) is 0 Å². The van der Waals surface area contributed by atoms with Crippen LogP contribution in [-0.4, -0.2) is 65.4 Å². The molecule has 0 aliphatic heterocycles. The standard InChI is InChI=1S/C25H30O10/c1-31-19(26)15-16(24-9-12-6-13(10-24)8-14(7-12)11-24)18(21(28)33-3)25(22(29)34-4,23(30)35-5)17(15)20(27)32-2/h12-14H,6-11H2,1-5H3. The number of ether oxygens (including phenoxy) is 5. The van der Waals surface area contributed by atoms with E-state index in [0.717, 1.165) is 54.8 Å². The lowest BCUT2D eigenvalue weighted by atomic mass is 9.47. The number of esters is 5. The van der Waals surface area contributed by atoms with Crippen molar-refractivity contribution in [2.24, 2.45) is 28.6 Å². The van der Waals surface area contributed by atoms with Gasteiger partial charge in [0.05, 0.1) is 52.3 Å². The maximum Gasteiger partial charge on any atom is 0.338 e. The lowest BCUT2D eigenvalue weighted by Gasteiger charge is -2.57. The number of carbonyl (C=O) groups is 5. The number of carbonyl (C=O) groups excluding carboxylic acids is 5. The zero-order valence-electron chi connectivity index (χ0n) is 20.6. The summed E-state index contributed by atoms with van der Waals surface area (Å²) in [6, 6.07) is 0. The molecule has 0 aromatic rings. The maximum atomic E-state index is 13.5. The van der Waals surface area contributed by atoms with Crippen molar-refractivity contribution in [1.29, 1.82) is 0 Å². The molecule has 0 heterocycles.